The molecule has 0 atom stereocenters. The first kappa shape index (κ1) is 16.5. The highest BCUT2D eigenvalue weighted by Crippen LogP contribution is 2.12. The summed E-state index contributed by atoms with van der Waals surface area (Å²) >= 11 is 0. The summed E-state index contributed by atoms with van der Waals surface area (Å²) in [6.07, 6.45) is 3.11. The van der Waals surface area contributed by atoms with Crippen LogP contribution in [0.2, 0.25) is 0 Å². The predicted molar refractivity (Wildman–Crippen MR) is 90.8 cm³/mol. The van der Waals surface area contributed by atoms with E-state index in [0.717, 1.165) is 11.1 Å². The van der Waals surface area contributed by atoms with Crippen LogP contribution in [-0.4, -0.2) is 16.9 Å². The molecule has 118 valence electrons. The Hall–Kier alpha value is -2.92. The Bertz CT molecular complexity index is 721. The molecular formula is C18H18N2O3. The van der Waals surface area contributed by atoms with Gasteiger partial charge in [0.25, 0.3) is 0 Å². The summed E-state index contributed by atoms with van der Waals surface area (Å²) in [5.41, 5.74) is 2.92. The number of carbonyl (C=O) groups is 2. The van der Waals surface area contributed by atoms with Crippen LogP contribution in [0, 0.1) is 0 Å². The lowest BCUT2D eigenvalue weighted by Gasteiger charge is -2.04. The van der Waals surface area contributed by atoms with Crippen LogP contribution in [0.3, 0.4) is 0 Å². The molecule has 0 aromatic heterocycles. The van der Waals surface area contributed by atoms with Crippen LogP contribution >= 0.6 is 0 Å². The van der Waals surface area contributed by atoms with E-state index in [1.165, 1.54) is 13.0 Å². The van der Waals surface area contributed by atoms with Crippen molar-refractivity contribution in [3.05, 3.63) is 65.7 Å². The van der Waals surface area contributed by atoms with E-state index in [1.807, 2.05) is 0 Å². The van der Waals surface area contributed by atoms with E-state index < -0.39 is 0 Å². The second kappa shape index (κ2) is 7.91. The summed E-state index contributed by atoms with van der Waals surface area (Å²) in [5, 5.41) is 14.5. The SMILES string of the molecule is CC(=O)Nc1ccc(/C=C/C(=O)Nc2cccc(CO)c2)cc1. The molecule has 5 heteroatoms. The lowest BCUT2D eigenvalue weighted by atomic mass is 10.2. The Kier molecular flexibility index (Phi) is 5.66. The molecule has 3 N–H and O–H groups in total. The molecule has 5 nitrogen and oxygen atoms in total. The molecule has 2 rings (SSSR count). The number of hydrogen-bond acceptors (Lipinski definition) is 3. The minimum Gasteiger partial charge on any atom is -0.392 e. The fourth-order valence-electron chi connectivity index (χ4n) is 1.98. The van der Waals surface area contributed by atoms with Crippen molar-refractivity contribution in [3.63, 3.8) is 0 Å². The number of carbonyl (C=O) groups excluding carboxylic acids is 2. The van der Waals surface area contributed by atoms with Gasteiger partial charge in [0, 0.05) is 24.4 Å². The van der Waals surface area contributed by atoms with E-state index in [1.54, 1.807) is 54.6 Å². The number of aliphatic hydroxyl groups is 1. The lowest BCUT2D eigenvalue weighted by molar-refractivity contribution is -0.114. The van der Waals surface area contributed by atoms with E-state index in [9.17, 15) is 9.59 Å². The summed E-state index contributed by atoms with van der Waals surface area (Å²) in [4.78, 5) is 22.8. The number of hydrogen-bond donors (Lipinski definition) is 3. The van der Waals surface area contributed by atoms with Crippen molar-refractivity contribution < 1.29 is 14.7 Å². The van der Waals surface area contributed by atoms with Crippen LogP contribution in [0.5, 0.6) is 0 Å². The molecule has 0 aliphatic carbocycles. The highest BCUT2D eigenvalue weighted by atomic mass is 16.3. The maximum Gasteiger partial charge on any atom is 0.248 e. The van der Waals surface area contributed by atoms with Crippen LogP contribution in [0.15, 0.2) is 54.6 Å². The first-order valence-electron chi connectivity index (χ1n) is 7.13. The van der Waals surface area contributed by atoms with Crippen LogP contribution in [0.1, 0.15) is 18.1 Å². The Labute approximate surface area is 134 Å². The average molecular weight is 310 g/mol. The van der Waals surface area contributed by atoms with Crippen LogP contribution in [0.4, 0.5) is 11.4 Å². The van der Waals surface area contributed by atoms with E-state index in [0.29, 0.717) is 11.4 Å². The highest BCUT2D eigenvalue weighted by Gasteiger charge is 1.99. The molecule has 0 fully saturated rings. The zero-order valence-corrected chi connectivity index (χ0v) is 12.7. The molecule has 2 amide bonds. The normalized spacial score (nSPS) is 10.5. The molecule has 2 aromatic carbocycles. The first-order valence-corrected chi connectivity index (χ1v) is 7.13. The monoisotopic (exact) mass is 310 g/mol. The van der Waals surface area contributed by atoms with Crippen molar-refractivity contribution in [3.8, 4) is 0 Å². The van der Waals surface area contributed by atoms with Crippen LogP contribution in [0.25, 0.3) is 6.08 Å². The zero-order chi connectivity index (χ0) is 16.7. The Morgan fingerprint density at radius 2 is 1.78 bits per heavy atom. The summed E-state index contributed by atoms with van der Waals surface area (Å²) in [6, 6.07) is 14.2. The molecule has 0 unspecified atom stereocenters. The summed E-state index contributed by atoms with van der Waals surface area (Å²) in [5.74, 6) is -0.385. The van der Waals surface area contributed by atoms with Gasteiger partial charge < -0.3 is 15.7 Å². The fourth-order valence-corrected chi connectivity index (χ4v) is 1.98. The lowest BCUT2D eigenvalue weighted by Crippen LogP contribution is -2.08. The average Bonchev–Trinajstić information content (AvgIpc) is 2.54. The summed E-state index contributed by atoms with van der Waals surface area (Å²) in [7, 11) is 0. The number of rotatable bonds is 5. The molecule has 23 heavy (non-hydrogen) atoms. The van der Waals surface area contributed by atoms with Crippen molar-refractivity contribution >= 4 is 29.3 Å². The van der Waals surface area contributed by atoms with Crippen LogP contribution in [-0.2, 0) is 16.2 Å². The number of anilines is 2. The van der Waals surface area contributed by atoms with Gasteiger partial charge in [-0.05, 0) is 41.5 Å². The number of nitrogens with one attached hydrogen (secondary N) is 2. The Balaban J connectivity index is 1.96. The standard InChI is InChI=1S/C18H18N2O3/c1-13(22)19-16-8-5-14(6-9-16)7-10-18(23)20-17-4-2-3-15(11-17)12-21/h2-11,21H,12H2,1H3,(H,19,22)(H,20,23)/b10-7+. The highest BCUT2D eigenvalue weighted by molar-refractivity contribution is 6.02. The third kappa shape index (κ3) is 5.41. The van der Waals surface area contributed by atoms with Crippen LogP contribution < -0.4 is 10.6 Å². The molecule has 0 radical (unpaired) electrons. The molecule has 0 bridgehead atoms. The molecule has 0 saturated carbocycles. The Morgan fingerprint density at radius 3 is 2.43 bits per heavy atom. The minimum absolute atomic E-state index is 0.0692. The van der Waals surface area contributed by atoms with Gasteiger partial charge in [0.2, 0.25) is 11.8 Å². The van der Waals surface area contributed by atoms with Gasteiger partial charge in [-0.3, -0.25) is 9.59 Å². The third-order valence-corrected chi connectivity index (χ3v) is 3.04. The van der Waals surface area contributed by atoms with Gasteiger partial charge in [-0.2, -0.15) is 0 Å². The number of benzene rings is 2. The van der Waals surface area contributed by atoms with Gasteiger partial charge in [-0.1, -0.05) is 24.3 Å². The van der Waals surface area contributed by atoms with Crippen molar-refractivity contribution in [1.82, 2.24) is 0 Å². The maximum absolute atomic E-state index is 11.9. The van der Waals surface area contributed by atoms with Gasteiger partial charge in [0.15, 0.2) is 0 Å². The van der Waals surface area contributed by atoms with E-state index in [-0.39, 0.29) is 18.4 Å². The summed E-state index contributed by atoms with van der Waals surface area (Å²) < 4.78 is 0. The number of aliphatic hydroxyl groups excluding tert-OH is 1. The van der Waals surface area contributed by atoms with E-state index >= 15 is 0 Å². The Morgan fingerprint density at radius 1 is 1.04 bits per heavy atom. The molecule has 0 aliphatic rings. The molecule has 2 aromatic rings. The second-order valence-electron chi connectivity index (χ2n) is 4.98. The molecule has 0 saturated heterocycles. The number of amides is 2. The fraction of sp³-hybridized carbons (Fsp3) is 0.111. The first-order chi connectivity index (χ1) is 11.1. The van der Waals surface area contributed by atoms with E-state index in [4.69, 9.17) is 5.11 Å². The van der Waals surface area contributed by atoms with Gasteiger partial charge in [0.1, 0.15) is 0 Å². The van der Waals surface area contributed by atoms with Crippen molar-refractivity contribution in [2.24, 2.45) is 0 Å². The maximum atomic E-state index is 11.9. The van der Waals surface area contributed by atoms with Gasteiger partial charge in [-0.25, -0.2) is 0 Å². The molecule has 0 aliphatic heterocycles. The van der Waals surface area contributed by atoms with E-state index in [2.05, 4.69) is 10.6 Å². The molecular weight excluding hydrogens is 292 g/mol. The smallest absolute Gasteiger partial charge is 0.248 e. The topological polar surface area (TPSA) is 78.4 Å². The van der Waals surface area contributed by atoms with Crippen molar-refractivity contribution in [2.45, 2.75) is 13.5 Å². The predicted octanol–water partition coefficient (Wildman–Crippen LogP) is 2.79. The third-order valence-electron chi connectivity index (χ3n) is 3.04. The largest absolute Gasteiger partial charge is 0.392 e. The van der Waals surface area contributed by atoms with Crippen molar-refractivity contribution in [1.29, 1.82) is 0 Å². The quantitative estimate of drug-likeness (QED) is 0.743. The van der Waals surface area contributed by atoms with Crippen molar-refractivity contribution in [2.75, 3.05) is 10.6 Å². The summed E-state index contributed by atoms with van der Waals surface area (Å²) in [6.45, 7) is 1.38. The molecule has 0 spiro atoms. The zero-order valence-electron chi connectivity index (χ0n) is 12.7. The van der Waals surface area contributed by atoms with Gasteiger partial charge in [0.05, 0.1) is 6.61 Å². The molecule has 0 heterocycles. The van der Waals surface area contributed by atoms with Gasteiger partial charge in [-0.15, -0.1) is 0 Å². The minimum atomic E-state index is -0.258. The van der Waals surface area contributed by atoms with Gasteiger partial charge >= 0.3 is 0 Å². The second-order valence-corrected chi connectivity index (χ2v) is 4.98.